The Morgan fingerprint density at radius 1 is 1.10 bits per heavy atom. The monoisotopic (exact) mass is 595 g/mol. The average Bonchev–Trinajstić information content (AvgIpc) is 3.00. The fourth-order valence-electron chi connectivity index (χ4n) is 4.13. The van der Waals surface area contributed by atoms with Gasteiger partial charge in [0.1, 0.15) is 18.8 Å². The van der Waals surface area contributed by atoms with Crippen LogP contribution in [0.4, 0.5) is 0 Å². The molecule has 242 valence electrons. The van der Waals surface area contributed by atoms with E-state index >= 15 is 0 Å². The van der Waals surface area contributed by atoms with Gasteiger partial charge in [-0.2, -0.15) is 0 Å². The van der Waals surface area contributed by atoms with Crippen LogP contribution in [0.3, 0.4) is 0 Å². The van der Waals surface area contributed by atoms with E-state index in [1.165, 1.54) is 5.56 Å². The van der Waals surface area contributed by atoms with Crippen LogP contribution in [0.15, 0.2) is 30.3 Å². The number of rotatable bonds is 16. The van der Waals surface area contributed by atoms with E-state index in [1.807, 2.05) is 59.7 Å². The minimum atomic E-state index is -0.624. The molecular formula is C31H57N5O6. The van der Waals surface area contributed by atoms with E-state index in [2.05, 4.69) is 40.3 Å². The van der Waals surface area contributed by atoms with Crippen LogP contribution < -0.4 is 16.3 Å². The second kappa shape index (κ2) is 23.0. The van der Waals surface area contributed by atoms with Crippen molar-refractivity contribution in [1.82, 2.24) is 26.1 Å². The summed E-state index contributed by atoms with van der Waals surface area (Å²) in [5.74, 6) is -0.0918. The molecule has 2 atom stereocenters. The summed E-state index contributed by atoms with van der Waals surface area (Å²) in [6.45, 7) is 18.9. The number of aliphatic hydroxyl groups excluding tert-OH is 1. The van der Waals surface area contributed by atoms with E-state index in [0.717, 1.165) is 19.4 Å². The first kappa shape index (κ1) is 39.4. The third kappa shape index (κ3) is 15.6. The second-order valence-electron chi connectivity index (χ2n) is 10.7. The normalized spacial score (nSPS) is 17.5. The zero-order valence-electron chi connectivity index (χ0n) is 27.2. The number of amides is 2. The molecule has 1 aromatic carbocycles. The Balaban J connectivity index is 0.00000216. The zero-order chi connectivity index (χ0) is 32.0. The smallest absolute Gasteiger partial charge is 0.324 e. The van der Waals surface area contributed by atoms with Gasteiger partial charge in [-0.25, -0.2) is 5.43 Å². The first-order valence-electron chi connectivity index (χ1n) is 15.3. The van der Waals surface area contributed by atoms with Gasteiger partial charge in [0.2, 0.25) is 6.41 Å². The minimum absolute atomic E-state index is 0.106. The summed E-state index contributed by atoms with van der Waals surface area (Å²) < 4.78 is 5.40. The van der Waals surface area contributed by atoms with Crippen LogP contribution in [0.25, 0.3) is 0 Å². The maximum absolute atomic E-state index is 12.8. The number of aliphatic hydroxyl groups is 1. The van der Waals surface area contributed by atoms with Gasteiger partial charge in [0.15, 0.2) is 0 Å². The molecule has 1 heterocycles. The van der Waals surface area contributed by atoms with E-state index < -0.39 is 6.04 Å². The largest absolute Gasteiger partial charge is 0.461 e. The van der Waals surface area contributed by atoms with Crippen molar-refractivity contribution in [3.05, 3.63) is 35.9 Å². The number of ether oxygens (including phenoxy) is 1. The Labute approximate surface area is 253 Å². The van der Waals surface area contributed by atoms with Crippen molar-refractivity contribution in [1.29, 1.82) is 0 Å². The zero-order valence-corrected chi connectivity index (χ0v) is 27.2. The highest BCUT2D eigenvalue weighted by atomic mass is 16.7. The second-order valence-corrected chi connectivity index (χ2v) is 10.7. The van der Waals surface area contributed by atoms with Crippen molar-refractivity contribution < 1.29 is 29.1 Å². The molecule has 0 bridgehead atoms. The highest BCUT2D eigenvalue weighted by Gasteiger charge is 2.38. The van der Waals surface area contributed by atoms with E-state index in [-0.39, 0.29) is 30.1 Å². The molecule has 4 N–H and O–H groups in total. The number of benzene rings is 1. The summed E-state index contributed by atoms with van der Waals surface area (Å²) in [4.78, 5) is 45.1. The van der Waals surface area contributed by atoms with Gasteiger partial charge in [-0.3, -0.25) is 24.1 Å². The molecule has 1 aliphatic rings. The summed E-state index contributed by atoms with van der Waals surface area (Å²) in [5, 5.41) is 10.9. The van der Waals surface area contributed by atoms with Gasteiger partial charge in [-0.15, -0.1) is 5.59 Å². The first-order chi connectivity index (χ1) is 20.1. The summed E-state index contributed by atoms with van der Waals surface area (Å²) in [6.07, 6.45) is 2.82. The number of carbonyl (C=O) groups excluding carboxylic acids is 3. The van der Waals surface area contributed by atoms with Crippen molar-refractivity contribution >= 4 is 18.3 Å². The van der Waals surface area contributed by atoms with Crippen molar-refractivity contribution in [2.24, 2.45) is 5.92 Å². The maximum atomic E-state index is 12.8. The van der Waals surface area contributed by atoms with Gasteiger partial charge >= 0.3 is 5.97 Å². The Hall–Kier alpha value is -2.57. The van der Waals surface area contributed by atoms with E-state index in [1.54, 1.807) is 11.8 Å². The Morgan fingerprint density at radius 3 is 2.26 bits per heavy atom. The van der Waals surface area contributed by atoms with Crippen molar-refractivity contribution in [2.75, 3.05) is 39.4 Å². The van der Waals surface area contributed by atoms with Gasteiger partial charge in [-0.1, -0.05) is 71.9 Å². The van der Waals surface area contributed by atoms with Crippen LogP contribution in [-0.2, 0) is 30.5 Å². The number of nitrogens with one attached hydrogen (secondary N) is 3. The standard InChI is InChI=1S/C25H41N5O5.C4H10O.C2H6/c1-5-22(6-2)35-24(33)20(3)27-28-34-17-23(32)29-14-15-30(16-21-10-8-7-9-11-21)25(4,18-29)12-13-26-19-31;1-4(2)3-5;1-2/h7-11,19-20,22,27-28H,5-6,12-18H2,1-4H3,(H,26,31);4-5H,3H2,1-2H3;1-2H3. The third-order valence-electron chi connectivity index (χ3n) is 6.85. The van der Waals surface area contributed by atoms with Crippen molar-refractivity contribution in [3.8, 4) is 0 Å². The quantitative estimate of drug-likeness (QED) is 0.0985. The van der Waals surface area contributed by atoms with E-state index in [4.69, 9.17) is 14.7 Å². The number of esters is 1. The Kier molecular flexibility index (Phi) is 21.6. The minimum Gasteiger partial charge on any atom is -0.461 e. The lowest BCUT2D eigenvalue weighted by atomic mass is 9.91. The van der Waals surface area contributed by atoms with Crippen LogP contribution in [0, 0.1) is 5.92 Å². The third-order valence-corrected chi connectivity index (χ3v) is 6.85. The molecule has 42 heavy (non-hydrogen) atoms. The lowest BCUT2D eigenvalue weighted by Crippen LogP contribution is -2.62. The lowest BCUT2D eigenvalue weighted by Gasteiger charge is -2.49. The molecule has 1 saturated heterocycles. The molecule has 2 unspecified atom stereocenters. The molecule has 0 spiro atoms. The molecule has 1 fully saturated rings. The fraction of sp³-hybridized carbons (Fsp3) is 0.710. The van der Waals surface area contributed by atoms with E-state index in [0.29, 0.717) is 51.5 Å². The van der Waals surface area contributed by atoms with Crippen molar-refractivity contribution in [3.63, 3.8) is 0 Å². The number of hydrazine groups is 1. The summed E-state index contributed by atoms with van der Waals surface area (Å²) >= 11 is 0. The van der Waals surface area contributed by atoms with Gasteiger partial charge in [0.05, 0.1) is 0 Å². The van der Waals surface area contributed by atoms with Crippen LogP contribution in [-0.4, -0.2) is 90.3 Å². The predicted molar refractivity (Wildman–Crippen MR) is 166 cm³/mol. The number of piperazine rings is 1. The number of hydrogen-bond donors (Lipinski definition) is 4. The topological polar surface area (TPSA) is 132 Å². The summed E-state index contributed by atoms with van der Waals surface area (Å²) in [7, 11) is 0. The Bertz CT molecular complexity index is 855. The molecule has 0 saturated carbocycles. The van der Waals surface area contributed by atoms with Gasteiger partial charge < -0.3 is 20.1 Å². The molecule has 0 aromatic heterocycles. The number of carbonyl (C=O) groups is 3. The molecule has 11 nitrogen and oxygen atoms in total. The van der Waals surface area contributed by atoms with Gasteiger partial charge in [0, 0.05) is 44.9 Å². The van der Waals surface area contributed by atoms with Crippen LogP contribution in [0.2, 0.25) is 0 Å². The molecule has 11 heteroatoms. The fourth-order valence-corrected chi connectivity index (χ4v) is 4.13. The van der Waals surface area contributed by atoms with Crippen molar-refractivity contribution in [2.45, 2.75) is 98.9 Å². The molecular weight excluding hydrogens is 538 g/mol. The highest BCUT2D eigenvalue weighted by molar-refractivity contribution is 5.77. The molecule has 1 aromatic rings. The van der Waals surface area contributed by atoms with E-state index in [9.17, 15) is 14.4 Å². The van der Waals surface area contributed by atoms with Gasteiger partial charge in [-0.05, 0) is 44.6 Å². The number of hydrogen-bond acceptors (Lipinski definition) is 9. The average molecular weight is 596 g/mol. The predicted octanol–water partition coefficient (Wildman–Crippen LogP) is 3.03. The lowest BCUT2D eigenvalue weighted by molar-refractivity contribution is -0.154. The first-order valence-corrected chi connectivity index (χ1v) is 15.3. The molecule has 2 amide bonds. The molecule has 0 aliphatic carbocycles. The molecule has 1 aliphatic heterocycles. The summed E-state index contributed by atoms with van der Waals surface area (Å²) in [5.41, 5.74) is 6.10. The molecule has 2 rings (SSSR count). The van der Waals surface area contributed by atoms with Crippen LogP contribution >= 0.6 is 0 Å². The van der Waals surface area contributed by atoms with Crippen LogP contribution in [0.5, 0.6) is 0 Å². The Morgan fingerprint density at radius 2 is 1.71 bits per heavy atom. The molecule has 0 radical (unpaired) electrons. The van der Waals surface area contributed by atoms with Gasteiger partial charge in [0.25, 0.3) is 5.91 Å². The van der Waals surface area contributed by atoms with Crippen LogP contribution in [0.1, 0.15) is 80.2 Å². The SMILES string of the molecule is CC.CC(C)CO.CCC(CC)OC(=O)C(C)NNOCC(=O)N1CCN(Cc2ccccc2)C(C)(CCNC=O)C1. The highest BCUT2D eigenvalue weighted by Crippen LogP contribution is 2.27. The maximum Gasteiger partial charge on any atom is 0.324 e. The number of nitrogens with zero attached hydrogens (tertiary/aromatic N) is 2. The summed E-state index contributed by atoms with van der Waals surface area (Å²) in [6, 6.07) is 9.59.